The van der Waals surface area contributed by atoms with Gasteiger partial charge in [0.2, 0.25) is 0 Å². The van der Waals surface area contributed by atoms with Crippen molar-refractivity contribution in [1.82, 2.24) is 4.98 Å². The Morgan fingerprint density at radius 2 is 1.60 bits per heavy atom. The summed E-state index contributed by atoms with van der Waals surface area (Å²) in [5, 5.41) is 20.5. The predicted molar refractivity (Wildman–Crippen MR) is 93.1 cm³/mol. The van der Waals surface area contributed by atoms with Crippen LogP contribution in [0, 0.1) is 6.92 Å². The molecule has 0 atom stereocenters. The quantitative estimate of drug-likeness (QED) is 0.580. The molecule has 3 aromatic rings. The number of nitrogens with two attached hydrogens (primary N) is 1. The number of carboxylic acid groups (broad SMARTS) is 2. The number of aromatic carboxylic acids is 2. The van der Waals surface area contributed by atoms with Gasteiger partial charge in [-0.2, -0.15) is 0 Å². The maximum atomic E-state index is 12.2. The van der Waals surface area contributed by atoms with Gasteiger partial charge in [-0.3, -0.25) is 4.79 Å². The normalized spacial score (nSPS) is 10.8. The smallest absolute Gasteiger partial charge is 0.342 e. The molecule has 0 aliphatic heterocycles. The third-order valence-electron chi connectivity index (χ3n) is 4.06. The fourth-order valence-corrected chi connectivity index (χ4v) is 3.01. The molecule has 0 radical (unpaired) electrons. The zero-order chi connectivity index (χ0) is 18.3. The molecule has 0 saturated heterocycles. The average molecular weight is 338 g/mol. The summed E-state index contributed by atoms with van der Waals surface area (Å²) in [6.07, 6.45) is 0. The number of rotatable bonds is 3. The maximum absolute atomic E-state index is 12.2. The standard InChI is InChI=1S/C18H14N2O5/c1-8-6-7-9-4-2-3-5-10(9)11(8)12-13(17(22)23)15(19)20-16(21)14(12)18(24)25/h2-7H,1H3,(H,22,23)(H,24,25)(H3,19,20,21). The summed E-state index contributed by atoms with van der Waals surface area (Å²) >= 11 is 0. The second-order valence-electron chi connectivity index (χ2n) is 5.58. The Hall–Kier alpha value is -3.61. The van der Waals surface area contributed by atoms with Crippen molar-refractivity contribution in [3.05, 3.63) is 63.4 Å². The van der Waals surface area contributed by atoms with E-state index in [1.807, 2.05) is 18.2 Å². The summed E-state index contributed by atoms with van der Waals surface area (Å²) in [5.41, 5.74) is 4.48. The van der Waals surface area contributed by atoms with Crippen molar-refractivity contribution in [2.45, 2.75) is 6.92 Å². The highest BCUT2D eigenvalue weighted by Gasteiger charge is 2.28. The number of hydrogen-bond donors (Lipinski definition) is 4. The lowest BCUT2D eigenvalue weighted by molar-refractivity contribution is 0.0695. The monoisotopic (exact) mass is 338 g/mol. The minimum atomic E-state index is -1.52. The Kier molecular flexibility index (Phi) is 3.76. The highest BCUT2D eigenvalue weighted by molar-refractivity contribution is 6.12. The van der Waals surface area contributed by atoms with Crippen molar-refractivity contribution in [2.75, 3.05) is 5.73 Å². The van der Waals surface area contributed by atoms with Gasteiger partial charge in [-0.25, -0.2) is 9.59 Å². The van der Waals surface area contributed by atoms with E-state index in [2.05, 4.69) is 4.98 Å². The van der Waals surface area contributed by atoms with Crippen LogP contribution in [-0.4, -0.2) is 27.1 Å². The first-order valence-corrected chi connectivity index (χ1v) is 7.34. The molecule has 0 unspecified atom stereocenters. The molecule has 25 heavy (non-hydrogen) atoms. The first-order chi connectivity index (χ1) is 11.8. The van der Waals surface area contributed by atoms with Gasteiger partial charge in [-0.05, 0) is 28.8 Å². The van der Waals surface area contributed by atoms with Crippen molar-refractivity contribution in [2.24, 2.45) is 0 Å². The SMILES string of the molecule is Cc1ccc2ccccc2c1-c1c(C(=O)O)c(N)[nH]c(=O)c1C(=O)O. The van der Waals surface area contributed by atoms with Gasteiger partial charge in [0.15, 0.2) is 0 Å². The molecule has 0 fully saturated rings. The van der Waals surface area contributed by atoms with Crippen molar-refractivity contribution >= 4 is 28.5 Å². The van der Waals surface area contributed by atoms with Gasteiger partial charge in [-0.15, -0.1) is 0 Å². The summed E-state index contributed by atoms with van der Waals surface area (Å²) < 4.78 is 0. The van der Waals surface area contributed by atoms with Crippen LogP contribution in [0.5, 0.6) is 0 Å². The predicted octanol–water partition coefficient (Wildman–Crippen LogP) is 2.48. The number of fused-ring (bicyclic) bond motifs is 1. The van der Waals surface area contributed by atoms with Crippen molar-refractivity contribution in [1.29, 1.82) is 0 Å². The lowest BCUT2D eigenvalue weighted by Gasteiger charge is -2.16. The van der Waals surface area contributed by atoms with Crippen LogP contribution < -0.4 is 11.3 Å². The van der Waals surface area contributed by atoms with Gasteiger partial charge in [0.05, 0.1) is 0 Å². The van der Waals surface area contributed by atoms with E-state index >= 15 is 0 Å². The van der Waals surface area contributed by atoms with Crippen molar-refractivity contribution < 1.29 is 19.8 Å². The van der Waals surface area contributed by atoms with Gasteiger partial charge in [0.1, 0.15) is 16.9 Å². The number of nitrogens with one attached hydrogen (secondary N) is 1. The Bertz CT molecular complexity index is 1100. The van der Waals surface area contributed by atoms with Gasteiger partial charge in [-0.1, -0.05) is 36.4 Å². The lowest BCUT2D eigenvalue weighted by atomic mass is 9.88. The topological polar surface area (TPSA) is 133 Å². The highest BCUT2D eigenvalue weighted by atomic mass is 16.4. The molecule has 7 heteroatoms. The fourth-order valence-electron chi connectivity index (χ4n) is 3.01. The minimum Gasteiger partial charge on any atom is -0.478 e. The molecular weight excluding hydrogens is 324 g/mol. The van der Waals surface area contributed by atoms with Crippen LogP contribution in [0.4, 0.5) is 5.82 Å². The van der Waals surface area contributed by atoms with Crippen LogP contribution >= 0.6 is 0 Å². The summed E-state index contributed by atoms with van der Waals surface area (Å²) in [6.45, 7) is 1.72. The largest absolute Gasteiger partial charge is 0.478 e. The Balaban J connectivity index is 2.63. The summed E-state index contributed by atoms with van der Waals surface area (Å²) in [5.74, 6) is -3.32. The zero-order valence-corrected chi connectivity index (χ0v) is 13.2. The van der Waals surface area contributed by atoms with Gasteiger partial charge >= 0.3 is 11.9 Å². The fraction of sp³-hybridized carbons (Fsp3) is 0.0556. The maximum Gasteiger partial charge on any atom is 0.342 e. The van der Waals surface area contributed by atoms with E-state index in [0.29, 0.717) is 16.5 Å². The number of carboxylic acids is 2. The molecule has 5 N–H and O–H groups in total. The molecule has 0 aliphatic carbocycles. The number of aromatic nitrogens is 1. The number of pyridine rings is 1. The van der Waals surface area contributed by atoms with E-state index in [0.717, 1.165) is 5.39 Å². The van der Waals surface area contributed by atoms with E-state index in [-0.39, 0.29) is 11.4 Å². The van der Waals surface area contributed by atoms with Gasteiger partial charge in [0, 0.05) is 5.56 Å². The van der Waals surface area contributed by atoms with Crippen LogP contribution in [0.1, 0.15) is 26.3 Å². The summed E-state index contributed by atoms with van der Waals surface area (Å²) in [4.78, 5) is 37.7. The molecule has 3 rings (SSSR count). The number of benzene rings is 2. The minimum absolute atomic E-state index is 0.185. The molecule has 0 saturated carbocycles. The van der Waals surface area contributed by atoms with E-state index in [4.69, 9.17) is 5.73 Å². The number of aromatic amines is 1. The van der Waals surface area contributed by atoms with E-state index in [1.54, 1.807) is 25.1 Å². The molecule has 1 heterocycles. The average Bonchev–Trinajstić information content (AvgIpc) is 2.53. The van der Waals surface area contributed by atoms with Crippen molar-refractivity contribution in [3.63, 3.8) is 0 Å². The third-order valence-corrected chi connectivity index (χ3v) is 4.06. The number of H-pyrrole nitrogens is 1. The number of nitrogen functional groups attached to an aromatic ring is 1. The van der Waals surface area contributed by atoms with Gasteiger partial charge in [0.25, 0.3) is 5.56 Å². The molecule has 0 aliphatic rings. The van der Waals surface area contributed by atoms with Crippen LogP contribution in [0.2, 0.25) is 0 Å². The zero-order valence-electron chi connectivity index (χ0n) is 13.2. The lowest BCUT2D eigenvalue weighted by Crippen LogP contribution is -2.24. The Labute approximate surface area is 141 Å². The second-order valence-corrected chi connectivity index (χ2v) is 5.58. The molecular formula is C18H14N2O5. The van der Waals surface area contributed by atoms with E-state index in [1.165, 1.54) is 0 Å². The van der Waals surface area contributed by atoms with Crippen LogP contribution in [0.25, 0.3) is 21.9 Å². The second kappa shape index (κ2) is 5.79. The van der Waals surface area contributed by atoms with Gasteiger partial charge < -0.3 is 20.9 Å². The number of hydrogen-bond acceptors (Lipinski definition) is 4. The molecule has 0 bridgehead atoms. The van der Waals surface area contributed by atoms with Crippen LogP contribution in [0.15, 0.2) is 41.2 Å². The molecule has 2 aromatic carbocycles. The third kappa shape index (κ3) is 2.51. The molecule has 0 spiro atoms. The number of carbonyl (C=O) groups is 2. The first-order valence-electron chi connectivity index (χ1n) is 7.34. The van der Waals surface area contributed by atoms with E-state index in [9.17, 15) is 24.6 Å². The number of aryl methyl sites for hydroxylation is 1. The molecule has 7 nitrogen and oxygen atoms in total. The molecule has 1 aromatic heterocycles. The number of anilines is 1. The summed E-state index contributed by atoms with van der Waals surface area (Å²) in [6, 6.07) is 10.7. The van der Waals surface area contributed by atoms with Crippen LogP contribution in [-0.2, 0) is 0 Å². The first kappa shape index (κ1) is 16.3. The van der Waals surface area contributed by atoms with Crippen LogP contribution in [0.3, 0.4) is 0 Å². The Morgan fingerprint density at radius 1 is 0.960 bits per heavy atom. The van der Waals surface area contributed by atoms with E-state index < -0.39 is 28.6 Å². The Morgan fingerprint density at radius 3 is 2.24 bits per heavy atom. The van der Waals surface area contributed by atoms with Crippen molar-refractivity contribution in [3.8, 4) is 11.1 Å². The highest BCUT2D eigenvalue weighted by Crippen LogP contribution is 2.36. The summed E-state index contributed by atoms with van der Waals surface area (Å²) in [7, 11) is 0. The molecule has 0 amide bonds. The molecule has 126 valence electrons.